The summed E-state index contributed by atoms with van der Waals surface area (Å²) in [5, 5.41) is 24.7. The van der Waals surface area contributed by atoms with E-state index in [-0.39, 0.29) is 35.4 Å². The van der Waals surface area contributed by atoms with E-state index in [1.165, 1.54) is 35.0 Å². The van der Waals surface area contributed by atoms with E-state index in [9.17, 15) is 43.5 Å². The minimum Gasteiger partial charge on any atom is -0.390 e. The smallest absolute Gasteiger partial charge is 0.390 e. The lowest BCUT2D eigenvalue weighted by atomic mass is 10.1. The average Bonchev–Trinajstić information content (AvgIpc) is 3.48. The highest BCUT2D eigenvalue weighted by Crippen LogP contribution is 2.66. The maximum atomic E-state index is 12.9. The molecule has 43 heavy (non-hydrogen) atoms. The van der Waals surface area contributed by atoms with Crippen molar-refractivity contribution in [3.05, 3.63) is 58.0 Å². The minimum absolute atomic E-state index is 0.00583. The number of aromatic nitrogens is 3. The van der Waals surface area contributed by atoms with Crippen LogP contribution < -0.4 is 11.1 Å². The fourth-order valence-corrected chi connectivity index (χ4v) is 7.06. The Morgan fingerprint density at radius 2 is 1.88 bits per heavy atom. The Morgan fingerprint density at radius 1 is 1.16 bits per heavy atom. The highest BCUT2D eigenvalue weighted by Gasteiger charge is 2.43. The zero-order valence-corrected chi connectivity index (χ0v) is 24.0. The molecule has 2 aromatic heterocycles. The molecule has 1 amide bonds. The number of nitro groups is 1. The minimum atomic E-state index is -5.73. The van der Waals surface area contributed by atoms with Crippen molar-refractivity contribution in [1.82, 2.24) is 14.5 Å². The van der Waals surface area contributed by atoms with E-state index in [0.29, 0.717) is 5.56 Å². The second-order valence-electron chi connectivity index (χ2n) is 8.77. The van der Waals surface area contributed by atoms with E-state index in [0.717, 1.165) is 6.33 Å². The topological polar surface area (TPSA) is 318 Å². The number of hydrogen-bond donors (Lipinski definition) is 7. The van der Waals surface area contributed by atoms with Crippen LogP contribution in [0.15, 0.2) is 36.8 Å². The summed E-state index contributed by atoms with van der Waals surface area (Å²) >= 11 is 0. The Bertz CT molecular complexity index is 1700. The molecule has 24 heteroatoms. The second kappa shape index (κ2) is 12.5. The van der Waals surface area contributed by atoms with Gasteiger partial charge in [0.15, 0.2) is 0 Å². The fraction of sp³-hybridized carbons (Fsp3) is 0.316. The molecule has 8 N–H and O–H groups in total. The number of hydrogen-bond acceptors (Lipinski definition) is 14. The van der Waals surface area contributed by atoms with Gasteiger partial charge in [-0.25, -0.2) is 23.7 Å². The predicted molar refractivity (Wildman–Crippen MR) is 141 cm³/mol. The number of carbonyl (C=O) groups excluding carboxylic acids is 1. The molecule has 1 aliphatic heterocycles. The van der Waals surface area contributed by atoms with Gasteiger partial charge in [0.1, 0.15) is 35.7 Å². The number of phosphoric ester groups is 1. The van der Waals surface area contributed by atoms with Crippen LogP contribution in [-0.4, -0.2) is 68.9 Å². The molecule has 0 spiro atoms. The van der Waals surface area contributed by atoms with Gasteiger partial charge in [-0.3, -0.25) is 19.4 Å². The van der Waals surface area contributed by atoms with E-state index >= 15 is 0 Å². The van der Waals surface area contributed by atoms with Crippen LogP contribution in [0.4, 0.5) is 11.5 Å². The van der Waals surface area contributed by atoms with Crippen LogP contribution in [0, 0.1) is 10.1 Å². The van der Waals surface area contributed by atoms with Gasteiger partial charge in [0, 0.05) is 25.2 Å². The second-order valence-corrected chi connectivity index (χ2v) is 13.2. The number of aliphatic hydroxyl groups excluding tert-OH is 1. The molecule has 1 saturated heterocycles. The summed E-state index contributed by atoms with van der Waals surface area (Å²) in [6.45, 7) is -0.849. The Morgan fingerprint density at radius 3 is 2.53 bits per heavy atom. The van der Waals surface area contributed by atoms with Crippen LogP contribution in [0.5, 0.6) is 0 Å². The number of nitrogens with zero attached hydrogens (tertiary/aromatic N) is 4. The molecule has 4 rings (SSSR count). The quantitative estimate of drug-likeness (QED) is 0.0805. The molecule has 5 atom stereocenters. The first-order chi connectivity index (χ1) is 20.0. The number of carbonyl (C=O) groups is 1. The van der Waals surface area contributed by atoms with Crippen LogP contribution in [0.3, 0.4) is 0 Å². The lowest BCUT2D eigenvalue weighted by Gasteiger charge is -2.19. The van der Waals surface area contributed by atoms with Crippen molar-refractivity contribution in [2.45, 2.75) is 31.4 Å². The lowest BCUT2D eigenvalue weighted by molar-refractivity contribution is -0.385. The van der Waals surface area contributed by atoms with E-state index < -0.39 is 65.0 Å². The third-order valence-corrected chi connectivity index (χ3v) is 9.62. The molecule has 1 aliphatic rings. The first-order valence-corrected chi connectivity index (χ1v) is 16.2. The Hall–Kier alpha value is -3.00. The standard InChI is InChI=1S/C19H23N6O15P3/c20-7-10-1-2-11(13(5-10)25(28)29)19(27)23-17-12-3-4-24(18(12)22-9-21-17)16-6-14(26)15(38-16)8-37-42(33,34)40-43(35,36)39-41(30,31)32/h1-5,9,14-16,26H,6-8,20H2,(H,33,34)(H,35,36)(H2,30,31,32)(H,21,22,23,27)/t14?,15-,16-/m1/s1. The lowest BCUT2D eigenvalue weighted by Crippen LogP contribution is -2.26. The number of rotatable bonds is 12. The SMILES string of the molecule is NCc1ccc(C(=O)Nc2ncnc3c2ccn3[C@H]2CC(O)[C@@H](COP(=O)(O)OP(=O)(O)OP(=O)(O)O)O2)c([N+](=O)[O-])c1. The van der Waals surface area contributed by atoms with Crippen molar-refractivity contribution < 1.29 is 66.0 Å². The summed E-state index contributed by atoms with van der Waals surface area (Å²) in [5.41, 5.74) is 5.47. The van der Waals surface area contributed by atoms with E-state index in [2.05, 4.69) is 28.4 Å². The Labute approximate surface area is 239 Å². The molecule has 3 aromatic rings. The molecular weight excluding hydrogens is 645 g/mol. The van der Waals surface area contributed by atoms with Gasteiger partial charge < -0.3 is 45.0 Å². The summed E-state index contributed by atoms with van der Waals surface area (Å²) in [6.07, 6.45) is -1.11. The Kier molecular flexibility index (Phi) is 9.60. The van der Waals surface area contributed by atoms with Gasteiger partial charge >= 0.3 is 23.5 Å². The molecular formula is C19H23N6O15P3. The van der Waals surface area contributed by atoms with Crippen molar-refractivity contribution in [2.75, 3.05) is 11.9 Å². The fourth-order valence-electron chi connectivity index (χ4n) is 4.03. The highest BCUT2D eigenvalue weighted by atomic mass is 31.3. The van der Waals surface area contributed by atoms with Crippen molar-refractivity contribution >= 4 is 51.9 Å². The molecule has 3 heterocycles. The van der Waals surface area contributed by atoms with Gasteiger partial charge in [-0.15, -0.1) is 0 Å². The third kappa shape index (κ3) is 8.14. The number of benzene rings is 1. The zero-order valence-electron chi connectivity index (χ0n) is 21.3. The van der Waals surface area contributed by atoms with E-state index in [1.807, 2.05) is 0 Å². The molecule has 3 unspecified atom stereocenters. The van der Waals surface area contributed by atoms with Crippen molar-refractivity contribution in [2.24, 2.45) is 5.73 Å². The van der Waals surface area contributed by atoms with Gasteiger partial charge in [0.25, 0.3) is 11.6 Å². The summed E-state index contributed by atoms with van der Waals surface area (Å²) < 4.78 is 53.1. The molecule has 1 aromatic carbocycles. The first-order valence-electron chi connectivity index (χ1n) is 11.7. The molecule has 21 nitrogen and oxygen atoms in total. The van der Waals surface area contributed by atoms with Crippen molar-refractivity contribution in [1.29, 1.82) is 0 Å². The van der Waals surface area contributed by atoms with Gasteiger partial charge in [0.05, 0.1) is 23.0 Å². The van der Waals surface area contributed by atoms with Crippen LogP contribution in [-0.2, 0) is 38.1 Å². The number of nitrogens with one attached hydrogen (secondary N) is 1. The highest BCUT2D eigenvalue weighted by molar-refractivity contribution is 7.66. The van der Waals surface area contributed by atoms with Crippen molar-refractivity contribution in [3.8, 4) is 0 Å². The number of aliphatic hydroxyl groups is 1. The van der Waals surface area contributed by atoms with Crippen molar-refractivity contribution in [3.63, 3.8) is 0 Å². The largest absolute Gasteiger partial charge is 0.490 e. The molecule has 0 saturated carbocycles. The summed E-state index contributed by atoms with van der Waals surface area (Å²) in [7, 11) is -16.7. The number of ether oxygens (including phenoxy) is 1. The van der Waals surface area contributed by atoms with Crippen LogP contribution >= 0.6 is 23.5 Å². The van der Waals surface area contributed by atoms with Gasteiger partial charge in [-0.05, 0) is 17.7 Å². The molecule has 0 bridgehead atoms. The number of phosphoric acid groups is 3. The van der Waals surface area contributed by atoms with E-state index in [4.69, 9.17) is 20.3 Å². The van der Waals surface area contributed by atoms with Crippen LogP contribution in [0.2, 0.25) is 0 Å². The van der Waals surface area contributed by atoms with Crippen LogP contribution in [0.25, 0.3) is 11.0 Å². The van der Waals surface area contributed by atoms with Gasteiger partial charge in [-0.2, -0.15) is 8.62 Å². The maximum Gasteiger partial charge on any atom is 0.490 e. The maximum absolute atomic E-state index is 12.9. The van der Waals surface area contributed by atoms with Gasteiger partial charge in [-0.1, -0.05) is 6.07 Å². The Balaban J connectivity index is 1.47. The normalized spacial score (nSPS) is 21.8. The molecule has 0 radical (unpaired) electrons. The number of amides is 1. The zero-order chi connectivity index (χ0) is 31.7. The number of fused-ring (bicyclic) bond motifs is 1. The number of anilines is 1. The molecule has 0 aliphatic carbocycles. The monoisotopic (exact) mass is 668 g/mol. The summed E-state index contributed by atoms with van der Waals surface area (Å²) in [6, 6.07) is 5.41. The summed E-state index contributed by atoms with van der Waals surface area (Å²) in [4.78, 5) is 68.0. The van der Waals surface area contributed by atoms with Gasteiger partial charge in [0.2, 0.25) is 0 Å². The summed E-state index contributed by atoms with van der Waals surface area (Å²) in [5.74, 6) is -0.837. The number of nitrogens with two attached hydrogens (primary N) is 1. The molecule has 1 fully saturated rings. The van der Waals surface area contributed by atoms with E-state index in [1.54, 1.807) is 0 Å². The predicted octanol–water partition coefficient (Wildman–Crippen LogP) is 1.04. The molecule has 234 valence electrons. The van der Waals surface area contributed by atoms with Crippen LogP contribution in [0.1, 0.15) is 28.6 Å². The third-order valence-electron chi connectivity index (χ3n) is 5.81. The average molecular weight is 668 g/mol. The first kappa shape index (κ1) is 32.9. The number of nitro benzene ring substituents is 1.